The average molecular weight is 404 g/mol. The lowest BCUT2D eigenvalue weighted by molar-refractivity contribution is -0.148. The quantitative estimate of drug-likeness (QED) is 0.333. The van der Waals surface area contributed by atoms with E-state index in [9.17, 15) is 19.5 Å². The molecule has 0 aromatic heterocycles. The van der Waals surface area contributed by atoms with E-state index < -0.39 is 42.1 Å². The highest BCUT2D eigenvalue weighted by atomic mass is 16.6. The van der Waals surface area contributed by atoms with Gasteiger partial charge in [-0.05, 0) is 38.0 Å². The minimum atomic E-state index is -0.742. The summed E-state index contributed by atoms with van der Waals surface area (Å²) in [5.74, 6) is -2.12. The number of fused-ring (bicyclic) bond motifs is 1. The number of hydrogen-bond donors (Lipinski definition) is 1. The van der Waals surface area contributed by atoms with Gasteiger partial charge < -0.3 is 19.3 Å². The number of rotatable bonds is 4. The van der Waals surface area contributed by atoms with Crippen molar-refractivity contribution in [3.8, 4) is 0 Å². The highest BCUT2D eigenvalue weighted by Gasteiger charge is 2.45. The molecule has 1 saturated heterocycles. The van der Waals surface area contributed by atoms with Crippen LogP contribution in [0, 0.1) is 5.92 Å². The van der Waals surface area contributed by atoms with Gasteiger partial charge in [0, 0.05) is 30.9 Å². The van der Waals surface area contributed by atoms with Crippen LogP contribution in [0.4, 0.5) is 0 Å². The van der Waals surface area contributed by atoms with Crippen molar-refractivity contribution >= 4 is 17.9 Å². The third kappa shape index (κ3) is 5.44. The first-order chi connectivity index (χ1) is 13.7. The minimum Gasteiger partial charge on any atom is -0.458 e. The van der Waals surface area contributed by atoms with Crippen LogP contribution in [-0.2, 0) is 28.6 Å². The fourth-order valence-electron chi connectivity index (χ4n) is 3.41. The molecule has 1 heterocycles. The van der Waals surface area contributed by atoms with Gasteiger partial charge in [-0.15, -0.1) is 0 Å². The number of ether oxygens (including phenoxy) is 3. The van der Waals surface area contributed by atoms with Gasteiger partial charge in [-0.25, -0.2) is 9.59 Å². The maximum Gasteiger partial charge on any atom is 0.334 e. The first kappa shape index (κ1) is 22.6. The molecule has 29 heavy (non-hydrogen) atoms. The molecular weight excluding hydrogens is 376 g/mol. The van der Waals surface area contributed by atoms with Crippen LogP contribution in [0.2, 0.25) is 0 Å². The molecule has 1 aliphatic carbocycles. The predicted molar refractivity (Wildman–Crippen MR) is 106 cm³/mol. The van der Waals surface area contributed by atoms with Crippen molar-refractivity contribution in [3.63, 3.8) is 0 Å². The zero-order valence-corrected chi connectivity index (χ0v) is 17.3. The first-order valence-electron chi connectivity index (χ1n) is 9.55. The Hall–Kier alpha value is -2.67. The summed E-state index contributed by atoms with van der Waals surface area (Å²) in [6.45, 7) is 10.0. The maximum absolute atomic E-state index is 12.4. The summed E-state index contributed by atoms with van der Waals surface area (Å²) in [6.07, 6.45) is 3.68. The molecule has 0 aromatic carbocycles. The number of hydrogen-bond acceptors (Lipinski definition) is 7. The van der Waals surface area contributed by atoms with Gasteiger partial charge in [-0.2, -0.15) is 0 Å². The van der Waals surface area contributed by atoms with Gasteiger partial charge in [-0.3, -0.25) is 4.79 Å². The van der Waals surface area contributed by atoms with Crippen molar-refractivity contribution in [1.29, 1.82) is 0 Å². The van der Waals surface area contributed by atoms with E-state index in [1.54, 1.807) is 39.0 Å². The van der Waals surface area contributed by atoms with E-state index in [2.05, 4.69) is 6.58 Å². The van der Waals surface area contributed by atoms with Gasteiger partial charge in [0.1, 0.15) is 18.3 Å². The Balaban J connectivity index is 2.48. The van der Waals surface area contributed by atoms with E-state index >= 15 is 0 Å². The molecular formula is C22H28O7. The number of esters is 3. The molecule has 0 spiro atoms. The Morgan fingerprint density at radius 2 is 2.03 bits per heavy atom. The second-order valence-corrected chi connectivity index (χ2v) is 7.31. The van der Waals surface area contributed by atoms with E-state index in [1.165, 1.54) is 6.92 Å². The molecule has 0 unspecified atom stereocenters. The van der Waals surface area contributed by atoms with E-state index in [1.807, 2.05) is 0 Å². The Morgan fingerprint density at radius 3 is 2.62 bits per heavy atom. The van der Waals surface area contributed by atoms with Crippen molar-refractivity contribution in [2.75, 3.05) is 6.61 Å². The second kappa shape index (κ2) is 9.69. The predicted octanol–water partition coefficient (Wildman–Crippen LogP) is 2.55. The van der Waals surface area contributed by atoms with Gasteiger partial charge in [0.2, 0.25) is 0 Å². The molecule has 0 radical (unpaired) electrons. The summed E-state index contributed by atoms with van der Waals surface area (Å²) in [6, 6.07) is 0. The summed E-state index contributed by atoms with van der Waals surface area (Å²) in [7, 11) is 0. The summed E-state index contributed by atoms with van der Waals surface area (Å²) >= 11 is 0. The van der Waals surface area contributed by atoms with E-state index in [-0.39, 0.29) is 18.6 Å². The largest absolute Gasteiger partial charge is 0.458 e. The van der Waals surface area contributed by atoms with Crippen LogP contribution in [0.5, 0.6) is 0 Å². The molecule has 1 aliphatic heterocycles. The molecule has 1 N–H and O–H groups in total. The van der Waals surface area contributed by atoms with Crippen LogP contribution < -0.4 is 0 Å². The summed E-state index contributed by atoms with van der Waals surface area (Å²) in [5, 5.41) is 9.81. The van der Waals surface area contributed by atoms with Crippen LogP contribution in [0.15, 0.2) is 47.1 Å². The van der Waals surface area contributed by atoms with Gasteiger partial charge in [0.05, 0.1) is 12.5 Å². The Kier molecular flexibility index (Phi) is 7.56. The lowest BCUT2D eigenvalue weighted by Gasteiger charge is -2.29. The fraction of sp³-hybridized carbons (Fsp3) is 0.500. The molecule has 0 saturated carbocycles. The van der Waals surface area contributed by atoms with E-state index in [0.29, 0.717) is 23.1 Å². The lowest BCUT2D eigenvalue weighted by atomic mass is 9.85. The van der Waals surface area contributed by atoms with Crippen LogP contribution in [-0.4, -0.2) is 47.9 Å². The van der Waals surface area contributed by atoms with Crippen molar-refractivity contribution in [1.82, 2.24) is 0 Å². The third-order valence-electron chi connectivity index (χ3n) is 5.21. The first-order valence-corrected chi connectivity index (χ1v) is 9.55. The topological polar surface area (TPSA) is 99.1 Å². The monoisotopic (exact) mass is 404 g/mol. The van der Waals surface area contributed by atoms with Crippen molar-refractivity contribution in [3.05, 3.63) is 47.1 Å². The molecule has 0 aromatic rings. The lowest BCUT2D eigenvalue weighted by Crippen LogP contribution is -2.34. The highest BCUT2D eigenvalue weighted by molar-refractivity contribution is 5.92. The minimum absolute atomic E-state index is 0.204. The van der Waals surface area contributed by atoms with E-state index in [0.717, 1.165) is 0 Å². The van der Waals surface area contributed by atoms with Gasteiger partial charge in [0.25, 0.3) is 0 Å². The molecule has 1 fully saturated rings. The van der Waals surface area contributed by atoms with Crippen LogP contribution >= 0.6 is 0 Å². The van der Waals surface area contributed by atoms with Crippen LogP contribution in [0.1, 0.15) is 40.5 Å². The number of aliphatic hydroxyl groups excluding tert-OH is 1. The van der Waals surface area contributed by atoms with Crippen LogP contribution in [0.3, 0.4) is 0 Å². The molecule has 0 bridgehead atoms. The van der Waals surface area contributed by atoms with Gasteiger partial charge in [-0.1, -0.05) is 18.7 Å². The zero-order chi connectivity index (χ0) is 21.7. The number of aliphatic hydroxyl groups is 1. The molecule has 0 amide bonds. The van der Waals surface area contributed by atoms with Crippen LogP contribution in [0.25, 0.3) is 0 Å². The standard InChI is InChI=1S/C22H28O7/c1-6-12(2)21(25)28-19-10-16(11-23)7-8-17(27-15(5)24)13(3)9-18-20(19)14(4)22(26)29-18/h6-7,9,17-20,23H,4,8,10-11H2,1-3,5H3/b12-6+,13-9-,16-7+/t17-,18+,19+,20-/m0/s1. The Labute approximate surface area is 170 Å². The normalized spacial score (nSPS) is 31.6. The molecule has 7 nitrogen and oxygen atoms in total. The summed E-state index contributed by atoms with van der Waals surface area (Å²) in [5.41, 5.74) is 1.95. The highest BCUT2D eigenvalue weighted by Crippen LogP contribution is 2.36. The van der Waals surface area contributed by atoms with Gasteiger partial charge >= 0.3 is 17.9 Å². The third-order valence-corrected chi connectivity index (χ3v) is 5.21. The fourth-order valence-corrected chi connectivity index (χ4v) is 3.41. The Bertz CT molecular complexity index is 787. The maximum atomic E-state index is 12.4. The molecule has 4 atom stereocenters. The number of allylic oxidation sites excluding steroid dienone is 1. The molecule has 158 valence electrons. The Morgan fingerprint density at radius 1 is 1.34 bits per heavy atom. The van der Waals surface area contributed by atoms with Crippen molar-refractivity contribution in [2.45, 2.75) is 58.8 Å². The smallest absolute Gasteiger partial charge is 0.334 e. The number of carbonyl (C=O) groups excluding carboxylic acids is 3. The van der Waals surface area contributed by atoms with E-state index in [4.69, 9.17) is 14.2 Å². The second-order valence-electron chi connectivity index (χ2n) is 7.31. The average Bonchev–Trinajstić information content (AvgIpc) is 2.94. The van der Waals surface area contributed by atoms with Crippen molar-refractivity contribution in [2.24, 2.45) is 5.92 Å². The SMILES string of the molecule is C=C1C(=O)O[C@@H]2/C=C(/C)[C@@H](OC(C)=O)C/C=C(/CO)C[C@@H](OC(=O)/C(C)=C/C)[C@@H]12. The molecule has 7 heteroatoms. The molecule has 2 rings (SSSR count). The molecule has 2 aliphatic rings. The summed E-state index contributed by atoms with van der Waals surface area (Å²) < 4.78 is 16.5. The summed E-state index contributed by atoms with van der Waals surface area (Å²) in [4.78, 5) is 36.1. The van der Waals surface area contributed by atoms with Gasteiger partial charge in [0.15, 0.2) is 0 Å². The number of carbonyl (C=O) groups is 3. The van der Waals surface area contributed by atoms with Crippen molar-refractivity contribution < 1.29 is 33.7 Å². The zero-order valence-electron chi connectivity index (χ0n) is 17.3.